The second-order valence-corrected chi connectivity index (χ2v) is 4.14. The average molecular weight is 227 g/mol. The van der Waals surface area contributed by atoms with Crippen molar-refractivity contribution in [1.82, 2.24) is 10.3 Å². The Morgan fingerprint density at radius 2 is 2.40 bits per heavy atom. The molecule has 15 heavy (non-hydrogen) atoms. The van der Waals surface area contributed by atoms with Crippen LogP contribution in [0.1, 0.15) is 26.2 Å². The summed E-state index contributed by atoms with van der Waals surface area (Å²) in [6.07, 6.45) is 5.11. The molecule has 0 unspecified atom stereocenters. The first-order chi connectivity index (χ1) is 7.33. The second kappa shape index (κ2) is 7.23. The van der Waals surface area contributed by atoms with Gasteiger partial charge in [-0.1, -0.05) is 19.8 Å². The van der Waals surface area contributed by atoms with Gasteiger partial charge in [0, 0.05) is 18.1 Å². The van der Waals surface area contributed by atoms with Gasteiger partial charge in [-0.2, -0.15) is 0 Å². The first-order valence-electron chi connectivity index (χ1n) is 5.23. The van der Waals surface area contributed by atoms with Gasteiger partial charge in [0.05, 0.1) is 6.54 Å². The Labute approximate surface area is 94.1 Å². The van der Waals surface area contributed by atoms with Gasteiger partial charge in [0.15, 0.2) is 5.13 Å². The highest BCUT2D eigenvalue weighted by molar-refractivity contribution is 7.13. The molecule has 4 nitrogen and oxygen atoms in total. The molecule has 1 aromatic heterocycles. The topological polar surface area (TPSA) is 54.0 Å². The van der Waals surface area contributed by atoms with Crippen molar-refractivity contribution >= 4 is 22.4 Å². The predicted octanol–water partition coefficient (Wildman–Crippen LogP) is 1.86. The molecule has 0 saturated carbocycles. The van der Waals surface area contributed by atoms with E-state index in [4.69, 9.17) is 0 Å². The van der Waals surface area contributed by atoms with Crippen molar-refractivity contribution in [1.29, 1.82) is 0 Å². The van der Waals surface area contributed by atoms with E-state index in [2.05, 4.69) is 22.5 Å². The quantitative estimate of drug-likeness (QED) is 0.699. The number of nitrogens with one attached hydrogen (secondary N) is 2. The normalized spacial score (nSPS) is 9.93. The molecular formula is C10H17N3OS. The van der Waals surface area contributed by atoms with E-state index >= 15 is 0 Å². The molecule has 0 aliphatic carbocycles. The van der Waals surface area contributed by atoms with Crippen molar-refractivity contribution < 1.29 is 4.79 Å². The standard InChI is InChI=1S/C10H17N3OS/c1-2-3-4-5-11-9(14)8-13-10-12-6-7-15-10/h6-7H,2-5,8H2,1H3,(H,11,14)(H,12,13). The minimum atomic E-state index is 0.0290. The summed E-state index contributed by atoms with van der Waals surface area (Å²) in [6.45, 7) is 3.22. The molecule has 1 rings (SSSR count). The van der Waals surface area contributed by atoms with E-state index in [1.807, 2.05) is 5.38 Å². The van der Waals surface area contributed by atoms with Crippen molar-refractivity contribution in [2.45, 2.75) is 26.2 Å². The van der Waals surface area contributed by atoms with Crippen LogP contribution in [0.4, 0.5) is 5.13 Å². The third kappa shape index (κ3) is 5.37. The van der Waals surface area contributed by atoms with Crippen LogP contribution in [-0.2, 0) is 4.79 Å². The molecule has 0 aromatic carbocycles. The number of amides is 1. The molecule has 5 heteroatoms. The Morgan fingerprint density at radius 1 is 1.53 bits per heavy atom. The fraction of sp³-hybridized carbons (Fsp3) is 0.600. The summed E-state index contributed by atoms with van der Waals surface area (Å²) in [5.41, 5.74) is 0. The highest BCUT2D eigenvalue weighted by atomic mass is 32.1. The predicted molar refractivity (Wildman–Crippen MR) is 63.1 cm³/mol. The second-order valence-electron chi connectivity index (χ2n) is 3.25. The van der Waals surface area contributed by atoms with E-state index in [-0.39, 0.29) is 5.91 Å². The zero-order valence-corrected chi connectivity index (χ0v) is 9.77. The maximum atomic E-state index is 11.3. The SMILES string of the molecule is CCCCCNC(=O)CNc1nccs1. The summed E-state index contributed by atoms with van der Waals surface area (Å²) in [7, 11) is 0. The Bertz CT molecular complexity index is 274. The molecule has 1 amide bonds. The minimum absolute atomic E-state index is 0.0290. The first-order valence-corrected chi connectivity index (χ1v) is 6.11. The zero-order valence-electron chi connectivity index (χ0n) is 8.95. The summed E-state index contributed by atoms with van der Waals surface area (Å²) >= 11 is 1.49. The smallest absolute Gasteiger partial charge is 0.239 e. The van der Waals surface area contributed by atoms with Crippen molar-refractivity contribution in [3.63, 3.8) is 0 Å². The summed E-state index contributed by atoms with van der Waals surface area (Å²) < 4.78 is 0. The van der Waals surface area contributed by atoms with E-state index in [0.29, 0.717) is 6.54 Å². The number of thiazole rings is 1. The van der Waals surface area contributed by atoms with Crippen LogP contribution in [0.2, 0.25) is 0 Å². The lowest BCUT2D eigenvalue weighted by Gasteiger charge is -2.04. The Morgan fingerprint density at radius 3 is 3.07 bits per heavy atom. The molecule has 84 valence electrons. The third-order valence-electron chi connectivity index (χ3n) is 1.93. The molecule has 1 aromatic rings. The molecule has 2 N–H and O–H groups in total. The molecule has 1 heterocycles. The summed E-state index contributed by atoms with van der Waals surface area (Å²) in [6, 6.07) is 0. The highest BCUT2D eigenvalue weighted by Gasteiger charge is 2.00. The lowest BCUT2D eigenvalue weighted by Crippen LogP contribution is -2.30. The highest BCUT2D eigenvalue weighted by Crippen LogP contribution is 2.08. The third-order valence-corrected chi connectivity index (χ3v) is 2.67. The summed E-state index contributed by atoms with van der Waals surface area (Å²) in [4.78, 5) is 15.3. The van der Waals surface area contributed by atoms with Gasteiger partial charge in [0.2, 0.25) is 5.91 Å². The number of nitrogens with zero attached hydrogens (tertiary/aromatic N) is 1. The van der Waals surface area contributed by atoms with Crippen LogP contribution in [0, 0.1) is 0 Å². The van der Waals surface area contributed by atoms with E-state index in [1.54, 1.807) is 6.20 Å². The molecule has 0 atom stereocenters. The van der Waals surface area contributed by atoms with Crippen LogP contribution in [0.15, 0.2) is 11.6 Å². The van der Waals surface area contributed by atoms with Crippen LogP contribution in [0.3, 0.4) is 0 Å². The summed E-state index contributed by atoms with van der Waals surface area (Å²) in [5, 5.41) is 8.48. The number of anilines is 1. The molecule has 0 aliphatic heterocycles. The number of aromatic nitrogens is 1. The monoisotopic (exact) mass is 227 g/mol. The van der Waals surface area contributed by atoms with E-state index in [1.165, 1.54) is 24.2 Å². The number of hydrogen-bond donors (Lipinski definition) is 2. The average Bonchev–Trinajstić information content (AvgIpc) is 2.74. The molecule has 0 radical (unpaired) electrons. The fourth-order valence-corrected chi connectivity index (χ4v) is 1.66. The Kier molecular flexibility index (Phi) is 5.77. The molecule has 0 bridgehead atoms. The number of hydrogen-bond acceptors (Lipinski definition) is 4. The number of unbranched alkanes of at least 4 members (excludes halogenated alkanes) is 2. The van der Waals surface area contributed by atoms with Crippen LogP contribution >= 0.6 is 11.3 Å². The molecule has 0 fully saturated rings. The van der Waals surface area contributed by atoms with Crippen LogP contribution < -0.4 is 10.6 Å². The number of carbonyl (C=O) groups excluding carboxylic acids is 1. The molecule has 0 spiro atoms. The fourth-order valence-electron chi connectivity index (χ4n) is 1.13. The van der Waals surface area contributed by atoms with Crippen molar-refractivity contribution in [3.8, 4) is 0 Å². The molecular weight excluding hydrogens is 210 g/mol. The van der Waals surface area contributed by atoms with E-state index in [0.717, 1.165) is 18.1 Å². The molecule has 0 saturated heterocycles. The van der Waals surface area contributed by atoms with E-state index in [9.17, 15) is 4.79 Å². The minimum Gasteiger partial charge on any atom is -0.355 e. The van der Waals surface area contributed by atoms with Crippen LogP contribution in [0.5, 0.6) is 0 Å². The van der Waals surface area contributed by atoms with Crippen molar-refractivity contribution in [2.24, 2.45) is 0 Å². The van der Waals surface area contributed by atoms with Gasteiger partial charge in [-0.25, -0.2) is 4.98 Å². The van der Waals surface area contributed by atoms with Gasteiger partial charge in [-0.3, -0.25) is 4.79 Å². The van der Waals surface area contributed by atoms with Gasteiger partial charge >= 0.3 is 0 Å². The van der Waals surface area contributed by atoms with Gasteiger partial charge in [-0.15, -0.1) is 11.3 Å². The molecule has 0 aliphatic rings. The number of carbonyl (C=O) groups is 1. The number of rotatable bonds is 7. The Balaban J connectivity index is 2.04. The van der Waals surface area contributed by atoms with Crippen LogP contribution in [0.25, 0.3) is 0 Å². The lowest BCUT2D eigenvalue weighted by molar-refractivity contribution is -0.119. The summed E-state index contributed by atoms with van der Waals surface area (Å²) in [5.74, 6) is 0.0290. The van der Waals surface area contributed by atoms with Crippen molar-refractivity contribution in [3.05, 3.63) is 11.6 Å². The zero-order chi connectivity index (χ0) is 10.9. The largest absolute Gasteiger partial charge is 0.355 e. The van der Waals surface area contributed by atoms with Gasteiger partial charge in [0.25, 0.3) is 0 Å². The van der Waals surface area contributed by atoms with Gasteiger partial charge in [0.1, 0.15) is 0 Å². The maximum Gasteiger partial charge on any atom is 0.239 e. The first kappa shape index (κ1) is 12.0. The van der Waals surface area contributed by atoms with E-state index < -0.39 is 0 Å². The van der Waals surface area contributed by atoms with Crippen LogP contribution in [-0.4, -0.2) is 24.0 Å². The lowest BCUT2D eigenvalue weighted by atomic mass is 10.2. The van der Waals surface area contributed by atoms with Gasteiger partial charge < -0.3 is 10.6 Å². The van der Waals surface area contributed by atoms with Gasteiger partial charge in [-0.05, 0) is 6.42 Å². The maximum absolute atomic E-state index is 11.3. The Hall–Kier alpha value is -1.10. The van der Waals surface area contributed by atoms with Crippen molar-refractivity contribution in [2.75, 3.05) is 18.4 Å².